The van der Waals surface area contributed by atoms with Crippen LogP contribution in [-0.4, -0.2) is 21.9 Å². The molecule has 0 unspecified atom stereocenters. The highest BCUT2D eigenvalue weighted by molar-refractivity contribution is 5.14. The van der Waals surface area contributed by atoms with Crippen molar-refractivity contribution in [3.05, 3.63) is 0 Å². The van der Waals surface area contributed by atoms with E-state index in [1.165, 1.54) is 51.4 Å². The van der Waals surface area contributed by atoms with Gasteiger partial charge in [-0.05, 0) is 97.7 Å². The van der Waals surface area contributed by atoms with Crippen molar-refractivity contribution in [1.82, 2.24) is 0 Å². The Morgan fingerprint density at radius 3 is 2.34 bits per heavy atom. The molecule has 4 aliphatic carbocycles. The predicted molar refractivity (Wildman–Crippen MR) is 121 cm³/mol. The molecule has 4 aliphatic rings. The third-order valence-electron chi connectivity index (χ3n) is 11.0. The van der Waals surface area contributed by atoms with Gasteiger partial charge in [0.25, 0.3) is 0 Å². The van der Waals surface area contributed by atoms with Gasteiger partial charge >= 0.3 is 0 Å². The molecule has 2 N–H and O–H groups in total. The molecular formula is C27H48O2. The van der Waals surface area contributed by atoms with Gasteiger partial charge in [0, 0.05) is 6.42 Å². The number of rotatable bonds is 5. The average molecular weight is 405 g/mol. The van der Waals surface area contributed by atoms with Crippen LogP contribution in [0.25, 0.3) is 0 Å². The van der Waals surface area contributed by atoms with Crippen LogP contribution in [0.1, 0.15) is 112 Å². The molecule has 0 aromatic rings. The third kappa shape index (κ3) is 3.53. The van der Waals surface area contributed by atoms with Crippen LogP contribution in [0.3, 0.4) is 0 Å². The van der Waals surface area contributed by atoms with Crippen molar-refractivity contribution in [3.63, 3.8) is 0 Å². The molecule has 168 valence electrons. The van der Waals surface area contributed by atoms with Crippen molar-refractivity contribution in [2.75, 3.05) is 0 Å². The maximum Gasteiger partial charge on any atom is 0.0728 e. The van der Waals surface area contributed by atoms with Gasteiger partial charge in [-0.15, -0.1) is 0 Å². The SMILES string of the molecule is CC(C)CCC[C@@H](C)[C@@H]1CC[C@@H]2[C@@H]3CC[C@@]4(O)C[C@H](O)CC[C@]4(C)[C@H]3CC[C@]21C. The van der Waals surface area contributed by atoms with Crippen LogP contribution in [0.2, 0.25) is 0 Å². The van der Waals surface area contributed by atoms with E-state index in [1.807, 2.05) is 0 Å². The zero-order chi connectivity index (χ0) is 21.0. The van der Waals surface area contributed by atoms with E-state index < -0.39 is 5.60 Å². The number of hydrogen-bond acceptors (Lipinski definition) is 2. The van der Waals surface area contributed by atoms with Gasteiger partial charge in [-0.2, -0.15) is 0 Å². The maximum atomic E-state index is 11.6. The Morgan fingerprint density at radius 1 is 0.862 bits per heavy atom. The van der Waals surface area contributed by atoms with Gasteiger partial charge in [-0.1, -0.05) is 53.9 Å². The molecule has 0 radical (unpaired) electrons. The van der Waals surface area contributed by atoms with Crippen molar-refractivity contribution >= 4 is 0 Å². The monoisotopic (exact) mass is 404 g/mol. The molecule has 4 saturated carbocycles. The van der Waals surface area contributed by atoms with Crippen LogP contribution in [0, 0.1) is 46.3 Å². The van der Waals surface area contributed by atoms with Crippen molar-refractivity contribution in [2.45, 2.75) is 123 Å². The van der Waals surface area contributed by atoms with Crippen molar-refractivity contribution < 1.29 is 10.2 Å². The first-order chi connectivity index (χ1) is 13.6. The van der Waals surface area contributed by atoms with E-state index in [2.05, 4.69) is 34.6 Å². The first-order valence-corrected chi connectivity index (χ1v) is 13.0. The van der Waals surface area contributed by atoms with E-state index in [9.17, 15) is 10.2 Å². The largest absolute Gasteiger partial charge is 0.393 e. The number of aliphatic hydroxyl groups is 2. The Kier molecular flexibility index (Phi) is 5.95. The highest BCUT2D eigenvalue weighted by Crippen LogP contribution is 2.69. The predicted octanol–water partition coefficient (Wildman–Crippen LogP) is 6.58. The molecule has 4 rings (SSSR count). The van der Waals surface area contributed by atoms with Gasteiger partial charge in [-0.25, -0.2) is 0 Å². The Morgan fingerprint density at radius 2 is 1.62 bits per heavy atom. The van der Waals surface area contributed by atoms with E-state index in [0.717, 1.165) is 48.9 Å². The Balaban J connectivity index is 1.49. The molecule has 0 aromatic heterocycles. The van der Waals surface area contributed by atoms with E-state index in [-0.39, 0.29) is 11.5 Å². The normalized spacial score (nSPS) is 50.7. The standard InChI is InChI=1S/C27H48O2/c1-18(2)7-6-8-19(3)22-9-10-23-21-12-16-27(29)17-20(28)11-15-26(27,5)24(21)13-14-25(22,23)4/h18-24,28-29H,6-17H2,1-5H3/t19-,20-,21+,22+,23-,24+,25+,26-,27-/m1/s1. The summed E-state index contributed by atoms with van der Waals surface area (Å²) >= 11 is 0. The van der Waals surface area contributed by atoms with Gasteiger partial charge in [-0.3, -0.25) is 0 Å². The van der Waals surface area contributed by atoms with Crippen molar-refractivity contribution in [1.29, 1.82) is 0 Å². The maximum absolute atomic E-state index is 11.6. The first kappa shape index (κ1) is 22.1. The fraction of sp³-hybridized carbons (Fsp3) is 1.00. The van der Waals surface area contributed by atoms with Gasteiger partial charge in [0.05, 0.1) is 11.7 Å². The average Bonchev–Trinajstić information content (AvgIpc) is 2.99. The highest BCUT2D eigenvalue weighted by atomic mass is 16.3. The second-order valence-corrected chi connectivity index (χ2v) is 12.8. The van der Waals surface area contributed by atoms with Gasteiger partial charge in [0.1, 0.15) is 0 Å². The summed E-state index contributed by atoms with van der Waals surface area (Å²) in [5.41, 5.74) is -0.0719. The van der Waals surface area contributed by atoms with Gasteiger partial charge < -0.3 is 10.2 Å². The molecule has 9 atom stereocenters. The fourth-order valence-corrected chi connectivity index (χ4v) is 9.25. The molecule has 0 aliphatic heterocycles. The second-order valence-electron chi connectivity index (χ2n) is 12.8. The lowest BCUT2D eigenvalue weighted by Gasteiger charge is -2.64. The fourth-order valence-electron chi connectivity index (χ4n) is 9.25. The molecular weight excluding hydrogens is 356 g/mol. The number of fused-ring (bicyclic) bond motifs is 5. The summed E-state index contributed by atoms with van der Waals surface area (Å²) in [4.78, 5) is 0. The summed E-state index contributed by atoms with van der Waals surface area (Å²) < 4.78 is 0. The highest BCUT2D eigenvalue weighted by Gasteiger charge is 2.64. The lowest BCUT2D eigenvalue weighted by atomic mass is 9.43. The summed E-state index contributed by atoms with van der Waals surface area (Å²) in [7, 11) is 0. The Bertz CT molecular complexity index is 587. The van der Waals surface area contributed by atoms with Crippen molar-refractivity contribution in [3.8, 4) is 0 Å². The molecule has 0 spiro atoms. The van der Waals surface area contributed by atoms with Crippen LogP contribution in [-0.2, 0) is 0 Å². The number of hydrogen-bond donors (Lipinski definition) is 2. The van der Waals surface area contributed by atoms with E-state index in [1.54, 1.807) is 0 Å². The quantitative estimate of drug-likeness (QED) is 0.543. The summed E-state index contributed by atoms with van der Waals surface area (Å²) in [6.07, 6.45) is 14.1. The molecule has 0 aromatic carbocycles. The molecule has 2 nitrogen and oxygen atoms in total. The zero-order valence-corrected chi connectivity index (χ0v) is 19.9. The lowest BCUT2D eigenvalue weighted by Crippen LogP contribution is -2.62. The summed E-state index contributed by atoms with van der Waals surface area (Å²) in [5.74, 6) is 4.94. The van der Waals surface area contributed by atoms with Crippen LogP contribution < -0.4 is 0 Å². The zero-order valence-electron chi connectivity index (χ0n) is 19.9. The second kappa shape index (κ2) is 7.80. The van der Waals surface area contributed by atoms with Gasteiger partial charge in [0.2, 0.25) is 0 Å². The Hall–Kier alpha value is -0.0800. The minimum absolute atomic E-state index is 0.0252. The lowest BCUT2D eigenvalue weighted by molar-refractivity contribution is -0.220. The molecule has 0 heterocycles. The molecule has 0 saturated heterocycles. The molecule has 0 bridgehead atoms. The van der Waals surface area contributed by atoms with E-state index >= 15 is 0 Å². The summed E-state index contributed by atoms with van der Waals surface area (Å²) in [6.45, 7) is 12.3. The molecule has 29 heavy (non-hydrogen) atoms. The van der Waals surface area contributed by atoms with Crippen LogP contribution in [0.15, 0.2) is 0 Å². The first-order valence-electron chi connectivity index (χ1n) is 13.0. The van der Waals surface area contributed by atoms with Gasteiger partial charge in [0.15, 0.2) is 0 Å². The van der Waals surface area contributed by atoms with E-state index in [0.29, 0.717) is 17.8 Å². The minimum Gasteiger partial charge on any atom is -0.393 e. The number of aliphatic hydroxyl groups excluding tert-OH is 1. The smallest absolute Gasteiger partial charge is 0.0728 e. The summed E-state index contributed by atoms with van der Waals surface area (Å²) in [5, 5.41) is 21.8. The molecule has 2 heteroatoms. The van der Waals surface area contributed by atoms with E-state index in [4.69, 9.17) is 0 Å². The minimum atomic E-state index is -0.623. The molecule has 4 fully saturated rings. The topological polar surface area (TPSA) is 40.5 Å². The van der Waals surface area contributed by atoms with Crippen LogP contribution >= 0.6 is 0 Å². The Labute approximate surface area is 180 Å². The molecule has 0 amide bonds. The van der Waals surface area contributed by atoms with Crippen LogP contribution in [0.4, 0.5) is 0 Å². The summed E-state index contributed by atoms with van der Waals surface area (Å²) in [6, 6.07) is 0. The van der Waals surface area contributed by atoms with Crippen LogP contribution in [0.5, 0.6) is 0 Å². The third-order valence-corrected chi connectivity index (χ3v) is 11.0. The van der Waals surface area contributed by atoms with Crippen molar-refractivity contribution in [2.24, 2.45) is 46.3 Å².